The minimum Gasteiger partial charge on any atom is -0.480 e. The SMILES string of the molecule is CC1=CCC(C(=O)O)(C(=O)O)C1. The molecule has 66 valence electrons. The Bertz CT molecular complexity index is 250. The van der Waals surface area contributed by atoms with Gasteiger partial charge in [0.05, 0.1) is 0 Å². The summed E-state index contributed by atoms with van der Waals surface area (Å²) in [6.07, 6.45) is 1.89. The molecule has 0 heterocycles. The van der Waals surface area contributed by atoms with E-state index < -0.39 is 17.4 Å². The molecule has 4 heteroatoms. The van der Waals surface area contributed by atoms with E-state index in [9.17, 15) is 9.59 Å². The van der Waals surface area contributed by atoms with Crippen molar-refractivity contribution >= 4 is 11.9 Å². The highest BCUT2D eigenvalue weighted by molar-refractivity contribution is 5.99. The number of hydrogen-bond donors (Lipinski definition) is 2. The van der Waals surface area contributed by atoms with Gasteiger partial charge in [0.25, 0.3) is 0 Å². The second-order valence-corrected chi connectivity index (χ2v) is 3.12. The third kappa shape index (κ3) is 1.09. The zero-order valence-corrected chi connectivity index (χ0v) is 6.70. The van der Waals surface area contributed by atoms with Crippen molar-refractivity contribution in [3.05, 3.63) is 11.6 Å². The maximum absolute atomic E-state index is 10.7. The second-order valence-electron chi connectivity index (χ2n) is 3.12. The normalized spacial score (nSPS) is 20.2. The van der Waals surface area contributed by atoms with Gasteiger partial charge in [-0.1, -0.05) is 11.6 Å². The molecule has 0 aromatic rings. The summed E-state index contributed by atoms with van der Waals surface area (Å²) in [6.45, 7) is 1.74. The summed E-state index contributed by atoms with van der Waals surface area (Å²) >= 11 is 0. The van der Waals surface area contributed by atoms with Crippen LogP contribution in [0.4, 0.5) is 0 Å². The van der Waals surface area contributed by atoms with Crippen molar-refractivity contribution in [2.24, 2.45) is 5.41 Å². The van der Waals surface area contributed by atoms with Gasteiger partial charge < -0.3 is 10.2 Å². The number of aliphatic carboxylic acids is 2. The van der Waals surface area contributed by atoms with E-state index in [1.807, 2.05) is 0 Å². The number of allylic oxidation sites excluding steroid dienone is 2. The van der Waals surface area contributed by atoms with E-state index in [2.05, 4.69) is 0 Å². The highest BCUT2D eigenvalue weighted by Gasteiger charge is 2.48. The fraction of sp³-hybridized carbons (Fsp3) is 0.500. The van der Waals surface area contributed by atoms with Crippen molar-refractivity contribution in [1.82, 2.24) is 0 Å². The number of carboxylic acids is 2. The van der Waals surface area contributed by atoms with Gasteiger partial charge >= 0.3 is 11.9 Å². The molecule has 0 amide bonds. The standard InChI is InChI=1S/C8H10O4/c1-5-2-3-8(4-5,6(9)10)7(11)12/h2H,3-4H2,1H3,(H,9,10)(H,11,12). The van der Waals surface area contributed by atoms with Crippen LogP contribution < -0.4 is 0 Å². The summed E-state index contributed by atoms with van der Waals surface area (Å²) in [6, 6.07) is 0. The van der Waals surface area contributed by atoms with Crippen molar-refractivity contribution < 1.29 is 19.8 Å². The average molecular weight is 170 g/mol. The van der Waals surface area contributed by atoms with E-state index in [1.165, 1.54) is 0 Å². The zero-order valence-electron chi connectivity index (χ0n) is 6.70. The fourth-order valence-corrected chi connectivity index (χ4v) is 1.39. The summed E-state index contributed by atoms with van der Waals surface area (Å²) in [4.78, 5) is 21.4. The van der Waals surface area contributed by atoms with Gasteiger partial charge in [0.1, 0.15) is 0 Å². The Morgan fingerprint density at radius 1 is 1.42 bits per heavy atom. The van der Waals surface area contributed by atoms with E-state index >= 15 is 0 Å². The molecule has 4 nitrogen and oxygen atoms in total. The first kappa shape index (κ1) is 8.77. The minimum atomic E-state index is -1.59. The van der Waals surface area contributed by atoms with Crippen molar-refractivity contribution in [3.8, 4) is 0 Å². The van der Waals surface area contributed by atoms with Crippen molar-refractivity contribution in [2.45, 2.75) is 19.8 Å². The Hall–Kier alpha value is -1.32. The number of rotatable bonds is 2. The van der Waals surface area contributed by atoms with Crippen LogP contribution in [-0.2, 0) is 9.59 Å². The molecule has 0 saturated heterocycles. The third-order valence-electron chi connectivity index (χ3n) is 2.20. The van der Waals surface area contributed by atoms with Crippen LogP contribution in [0, 0.1) is 5.41 Å². The van der Waals surface area contributed by atoms with Crippen LogP contribution in [0.5, 0.6) is 0 Å². The van der Waals surface area contributed by atoms with E-state index in [4.69, 9.17) is 10.2 Å². The molecule has 0 spiro atoms. The summed E-state index contributed by atoms with van der Waals surface area (Å²) in [5.74, 6) is -2.49. The largest absolute Gasteiger partial charge is 0.480 e. The van der Waals surface area contributed by atoms with Crippen LogP contribution in [0.15, 0.2) is 11.6 Å². The number of carboxylic acid groups (broad SMARTS) is 2. The lowest BCUT2D eigenvalue weighted by atomic mass is 9.85. The molecule has 0 aliphatic heterocycles. The highest BCUT2D eigenvalue weighted by atomic mass is 16.4. The second kappa shape index (κ2) is 2.62. The lowest BCUT2D eigenvalue weighted by molar-refractivity contribution is -0.163. The van der Waals surface area contributed by atoms with Crippen LogP contribution in [-0.4, -0.2) is 22.2 Å². The number of hydrogen-bond acceptors (Lipinski definition) is 2. The molecule has 0 atom stereocenters. The lowest BCUT2D eigenvalue weighted by Crippen LogP contribution is -2.37. The summed E-state index contributed by atoms with van der Waals surface area (Å²) in [7, 11) is 0. The van der Waals surface area contributed by atoms with Gasteiger partial charge in [-0.3, -0.25) is 9.59 Å². The molecule has 0 aromatic heterocycles. The van der Waals surface area contributed by atoms with Gasteiger partial charge in [-0.05, 0) is 19.8 Å². The molecular weight excluding hydrogens is 160 g/mol. The smallest absolute Gasteiger partial charge is 0.321 e. The monoisotopic (exact) mass is 170 g/mol. The molecule has 0 radical (unpaired) electrons. The van der Waals surface area contributed by atoms with E-state index in [0.29, 0.717) is 0 Å². The minimum absolute atomic E-state index is 0.101. The fourth-order valence-electron chi connectivity index (χ4n) is 1.39. The molecule has 0 bridgehead atoms. The van der Waals surface area contributed by atoms with Gasteiger partial charge in [0.15, 0.2) is 5.41 Å². The van der Waals surface area contributed by atoms with Crippen LogP contribution in [0.1, 0.15) is 19.8 Å². The first-order chi connectivity index (χ1) is 5.49. The predicted octanol–water partition coefficient (Wildman–Crippen LogP) is 0.882. The maximum Gasteiger partial charge on any atom is 0.321 e. The van der Waals surface area contributed by atoms with E-state index in [0.717, 1.165) is 5.57 Å². The number of carbonyl (C=O) groups is 2. The first-order valence-electron chi connectivity index (χ1n) is 3.61. The topological polar surface area (TPSA) is 74.6 Å². The highest BCUT2D eigenvalue weighted by Crippen LogP contribution is 2.37. The van der Waals surface area contributed by atoms with Crippen molar-refractivity contribution in [1.29, 1.82) is 0 Å². The summed E-state index contributed by atoms with van der Waals surface area (Å²) < 4.78 is 0. The average Bonchev–Trinajstić information content (AvgIpc) is 2.32. The Labute approximate surface area is 69.5 Å². The molecular formula is C8H10O4. The summed E-state index contributed by atoms with van der Waals surface area (Å²) in [5.41, 5.74) is -0.760. The Morgan fingerprint density at radius 3 is 2.08 bits per heavy atom. The van der Waals surface area contributed by atoms with Gasteiger partial charge in [0.2, 0.25) is 0 Å². The quantitative estimate of drug-likeness (QED) is 0.476. The van der Waals surface area contributed by atoms with Crippen LogP contribution in [0.3, 0.4) is 0 Å². The third-order valence-corrected chi connectivity index (χ3v) is 2.20. The summed E-state index contributed by atoms with van der Waals surface area (Å²) in [5, 5.41) is 17.5. The molecule has 0 saturated carbocycles. The molecule has 0 unspecified atom stereocenters. The van der Waals surface area contributed by atoms with Crippen molar-refractivity contribution in [3.63, 3.8) is 0 Å². The van der Waals surface area contributed by atoms with E-state index in [1.54, 1.807) is 13.0 Å². The Morgan fingerprint density at radius 2 is 1.92 bits per heavy atom. The van der Waals surface area contributed by atoms with Crippen molar-refractivity contribution in [2.75, 3.05) is 0 Å². The van der Waals surface area contributed by atoms with E-state index in [-0.39, 0.29) is 12.8 Å². The molecule has 1 aliphatic rings. The molecule has 2 N–H and O–H groups in total. The Kier molecular flexibility index (Phi) is 1.92. The van der Waals surface area contributed by atoms with Gasteiger partial charge in [-0.2, -0.15) is 0 Å². The van der Waals surface area contributed by atoms with Gasteiger partial charge in [-0.25, -0.2) is 0 Å². The van der Waals surface area contributed by atoms with Crippen LogP contribution in [0.25, 0.3) is 0 Å². The van der Waals surface area contributed by atoms with Gasteiger partial charge in [0, 0.05) is 0 Å². The zero-order chi connectivity index (χ0) is 9.35. The molecule has 0 aromatic carbocycles. The molecule has 1 aliphatic carbocycles. The van der Waals surface area contributed by atoms with Crippen LogP contribution >= 0.6 is 0 Å². The molecule has 0 fully saturated rings. The van der Waals surface area contributed by atoms with Gasteiger partial charge in [-0.15, -0.1) is 0 Å². The predicted molar refractivity (Wildman–Crippen MR) is 40.7 cm³/mol. The maximum atomic E-state index is 10.7. The first-order valence-corrected chi connectivity index (χ1v) is 3.61. The lowest BCUT2D eigenvalue weighted by Gasteiger charge is -2.17. The Balaban J connectivity index is 2.94. The molecule has 12 heavy (non-hydrogen) atoms. The van der Waals surface area contributed by atoms with Crippen LogP contribution in [0.2, 0.25) is 0 Å². The molecule has 1 rings (SSSR count).